The molecule has 210 valence electrons. The lowest BCUT2D eigenvalue weighted by molar-refractivity contribution is -0.137. The van der Waals surface area contributed by atoms with Crippen molar-refractivity contribution in [2.45, 2.75) is 28.9 Å². The van der Waals surface area contributed by atoms with Gasteiger partial charge in [0.05, 0.1) is 27.9 Å². The fourth-order valence-electron chi connectivity index (χ4n) is 5.05. The van der Waals surface area contributed by atoms with E-state index in [1.165, 1.54) is 23.5 Å². The van der Waals surface area contributed by atoms with Gasteiger partial charge in [0, 0.05) is 20.7 Å². The molecule has 0 unspecified atom stereocenters. The third-order valence-electron chi connectivity index (χ3n) is 6.79. The highest BCUT2D eigenvalue weighted by Gasteiger charge is 2.57. The Morgan fingerprint density at radius 3 is 2.39 bits per heavy atom. The van der Waals surface area contributed by atoms with Crippen LogP contribution in [-0.2, 0) is 27.1 Å². The molecule has 7 nitrogen and oxygen atoms in total. The molecule has 0 radical (unpaired) electrons. The zero-order chi connectivity index (χ0) is 29.1. The number of thiazole rings is 1. The summed E-state index contributed by atoms with van der Waals surface area (Å²) < 4.78 is 41.5. The maximum absolute atomic E-state index is 13.8. The van der Waals surface area contributed by atoms with Crippen LogP contribution in [0.1, 0.15) is 21.2 Å². The van der Waals surface area contributed by atoms with Gasteiger partial charge in [-0.25, -0.2) is 4.90 Å². The van der Waals surface area contributed by atoms with Gasteiger partial charge in [-0.15, -0.1) is 11.3 Å². The highest BCUT2D eigenvalue weighted by atomic mass is 35.5. The molecule has 2 aliphatic heterocycles. The summed E-state index contributed by atoms with van der Waals surface area (Å²) in [6.07, 6.45) is -4.69. The summed E-state index contributed by atoms with van der Waals surface area (Å²) in [5.74, 6) is -3.12. The summed E-state index contributed by atoms with van der Waals surface area (Å²) >= 11 is 9.26. The predicted molar refractivity (Wildman–Crippen MR) is 152 cm³/mol. The molecule has 2 aromatic carbocycles. The van der Waals surface area contributed by atoms with E-state index in [0.717, 1.165) is 49.6 Å². The van der Waals surface area contributed by atoms with E-state index in [1.54, 1.807) is 30.3 Å². The number of thiophene rings is 1. The van der Waals surface area contributed by atoms with Crippen LogP contribution in [0.5, 0.6) is 0 Å². The second-order valence-electron chi connectivity index (χ2n) is 9.26. The summed E-state index contributed by atoms with van der Waals surface area (Å²) in [5, 5.41) is 4.00. The first-order chi connectivity index (χ1) is 19.5. The number of anilines is 2. The highest BCUT2D eigenvalue weighted by Crippen LogP contribution is 2.54. The van der Waals surface area contributed by atoms with Gasteiger partial charge in [-0.05, 0) is 47.8 Å². The third-order valence-corrected chi connectivity index (χ3v) is 10.6. The van der Waals surface area contributed by atoms with Crippen LogP contribution in [0.25, 0.3) is 0 Å². The molecule has 1 saturated heterocycles. The normalized spacial score (nSPS) is 20.2. The molecule has 4 heterocycles. The number of halogens is 4. The van der Waals surface area contributed by atoms with E-state index in [9.17, 15) is 32.3 Å². The highest BCUT2D eigenvalue weighted by molar-refractivity contribution is 8.00. The summed E-state index contributed by atoms with van der Waals surface area (Å²) in [4.78, 5) is 55.4. The van der Waals surface area contributed by atoms with Crippen LogP contribution in [0, 0.1) is 5.92 Å². The molecule has 3 atom stereocenters. The van der Waals surface area contributed by atoms with Gasteiger partial charge in [0.25, 0.3) is 0 Å². The molecule has 41 heavy (non-hydrogen) atoms. The quantitative estimate of drug-likeness (QED) is 0.269. The van der Waals surface area contributed by atoms with Crippen LogP contribution in [0.15, 0.2) is 75.9 Å². The van der Waals surface area contributed by atoms with E-state index in [4.69, 9.17) is 11.6 Å². The number of alkyl halides is 3. The van der Waals surface area contributed by atoms with Crippen molar-refractivity contribution >= 4 is 75.1 Å². The van der Waals surface area contributed by atoms with Gasteiger partial charge >= 0.3 is 11.0 Å². The molecule has 0 spiro atoms. The van der Waals surface area contributed by atoms with Crippen molar-refractivity contribution in [3.63, 3.8) is 0 Å². The van der Waals surface area contributed by atoms with Crippen molar-refractivity contribution in [3.05, 3.63) is 96.1 Å². The number of carbonyl (C=O) groups excluding carboxylic acids is 3. The Bertz CT molecular complexity index is 1730. The number of nitrogens with zero attached hydrogens (tertiary/aromatic N) is 2. The molecule has 14 heteroatoms. The summed E-state index contributed by atoms with van der Waals surface area (Å²) in [6, 6.07) is 14.5. The first-order valence-corrected chi connectivity index (χ1v) is 15.0. The third kappa shape index (κ3) is 4.90. The number of hydrogen-bond donors (Lipinski definition) is 1. The van der Waals surface area contributed by atoms with E-state index >= 15 is 0 Å². The van der Waals surface area contributed by atoms with Crippen molar-refractivity contribution in [2.24, 2.45) is 5.92 Å². The molecule has 3 amide bonds. The van der Waals surface area contributed by atoms with Crippen LogP contribution in [0.3, 0.4) is 0 Å². The molecular formula is C27H17ClF3N3O4S3. The Labute approximate surface area is 247 Å². The monoisotopic (exact) mass is 635 g/mol. The molecule has 4 aromatic rings. The Balaban J connectivity index is 1.37. The van der Waals surface area contributed by atoms with Crippen LogP contribution < -0.4 is 15.1 Å². The topological polar surface area (TPSA) is 88.5 Å². The number of rotatable bonds is 5. The van der Waals surface area contributed by atoms with E-state index in [-0.39, 0.29) is 0 Å². The molecule has 1 fully saturated rings. The van der Waals surface area contributed by atoms with Gasteiger partial charge in [0.2, 0.25) is 17.7 Å². The second kappa shape index (κ2) is 10.5. The minimum Gasteiger partial charge on any atom is -0.324 e. The lowest BCUT2D eigenvalue weighted by atomic mass is 9.87. The van der Waals surface area contributed by atoms with Crippen molar-refractivity contribution in [3.8, 4) is 0 Å². The summed E-state index contributed by atoms with van der Waals surface area (Å²) in [7, 11) is 0. The zero-order valence-electron chi connectivity index (χ0n) is 20.6. The Morgan fingerprint density at radius 2 is 1.71 bits per heavy atom. The molecule has 2 aromatic heterocycles. The SMILES string of the molecule is O=C(Cn1c2c(sc1=O)[C@@H](c1cccs1)[C@@H]1C(=O)N(c3ccc(Cl)cc3)C(=O)[C@@H]1S2)Nc1ccccc1C(F)(F)F. The maximum Gasteiger partial charge on any atom is 0.418 e. The summed E-state index contributed by atoms with van der Waals surface area (Å²) in [5.41, 5.74) is -1.07. The molecule has 0 aliphatic carbocycles. The molecule has 1 N–H and O–H groups in total. The lowest BCUT2D eigenvalue weighted by Crippen LogP contribution is -2.32. The van der Waals surface area contributed by atoms with Gasteiger partial charge in [-0.2, -0.15) is 13.2 Å². The fraction of sp³-hybridized carbons (Fsp3) is 0.185. The number of thioether (sulfide) groups is 1. The minimum atomic E-state index is -4.69. The largest absolute Gasteiger partial charge is 0.418 e. The van der Waals surface area contributed by atoms with Gasteiger partial charge in [0.1, 0.15) is 11.8 Å². The van der Waals surface area contributed by atoms with Crippen LogP contribution >= 0.6 is 46.0 Å². The molecule has 6 rings (SSSR count). The summed E-state index contributed by atoms with van der Waals surface area (Å²) in [6.45, 7) is -0.568. The number of amides is 3. The van der Waals surface area contributed by atoms with Gasteiger partial charge in [0.15, 0.2) is 0 Å². The number of para-hydroxylation sites is 1. The lowest BCUT2D eigenvalue weighted by Gasteiger charge is -2.29. The molecule has 0 bridgehead atoms. The smallest absolute Gasteiger partial charge is 0.324 e. The number of carbonyl (C=O) groups is 3. The van der Waals surface area contributed by atoms with Gasteiger partial charge in [-0.3, -0.25) is 23.7 Å². The van der Waals surface area contributed by atoms with E-state index in [2.05, 4.69) is 5.32 Å². The standard InChI is InChI=1S/C27H17ClF3N3O4S3/c28-13-7-9-14(10-8-13)34-23(36)20-19(17-6-3-11-39-17)22-25(40-21(20)24(34)37)33(26(38)41-22)12-18(35)32-16-5-2-1-4-15(16)27(29,30)31/h1-11,19-21H,12H2,(H,32,35)/t19-,20-,21+/m0/s1. The zero-order valence-corrected chi connectivity index (χ0v) is 23.8. The average molecular weight is 636 g/mol. The Morgan fingerprint density at radius 1 is 0.976 bits per heavy atom. The predicted octanol–water partition coefficient (Wildman–Crippen LogP) is 6.08. The van der Waals surface area contributed by atoms with Crippen LogP contribution in [0.2, 0.25) is 5.02 Å². The molecular weight excluding hydrogens is 619 g/mol. The number of aromatic nitrogens is 1. The van der Waals surface area contributed by atoms with E-state index in [0.29, 0.717) is 20.6 Å². The first-order valence-electron chi connectivity index (χ1n) is 12.1. The van der Waals surface area contributed by atoms with Gasteiger partial charge in [-0.1, -0.05) is 52.9 Å². The number of nitrogens with one attached hydrogen (secondary N) is 1. The number of benzene rings is 2. The number of fused-ring (bicyclic) bond motifs is 2. The Kier molecular flexibility index (Phi) is 7.09. The second-order valence-corrected chi connectivity index (χ2v) is 12.8. The van der Waals surface area contributed by atoms with Gasteiger partial charge < -0.3 is 5.32 Å². The van der Waals surface area contributed by atoms with Crippen LogP contribution in [0.4, 0.5) is 24.5 Å². The van der Waals surface area contributed by atoms with E-state index in [1.807, 2.05) is 11.4 Å². The molecule has 2 aliphatic rings. The van der Waals surface area contributed by atoms with Crippen LogP contribution in [-0.4, -0.2) is 27.5 Å². The van der Waals surface area contributed by atoms with Crippen molar-refractivity contribution in [2.75, 3.05) is 10.2 Å². The average Bonchev–Trinajstić information content (AvgIpc) is 3.62. The fourth-order valence-corrected chi connectivity index (χ4v) is 8.89. The number of imide groups is 1. The van der Waals surface area contributed by atoms with Crippen molar-refractivity contribution in [1.29, 1.82) is 0 Å². The maximum atomic E-state index is 13.8. The van der Waals surface area contributed by atoms with Crippen molar-refractivity contribution in [1.82, 2.24) is 4.57 Å². The van der Waals surface area contributed by atoms with E-state index < -0.39 is 63.7 Å². The Hall–Kier alpha value is -3.39. The number of hydrogen-bond acceptors (Lipinski definition) is 7. The first kappa shape index (κ1) is 27.8. The van der Waals surface area contributed by atoms with Crippen molar-refractivity contribution < 1.29 is 27.6 Å². The minimum absolute atomic E-state index is 0.345. The molecule has 0 saturated carbocycles.